The van der Waals surface area contributed by atoms with Crippen molar-refractivity contribution in [3.63, 3.8) is 0 Å². The minimum atomic E-state index is -0.0436. The van der Waals surface area contributed by atoms with E-state index in [2.05, 4.69) is 4.98 Å². The second-order valence-electron chi connectivity index (χ2n) is 4.41. The molecule has 0 radical (unpaired) electrons. The molecule has 0 bridgehead atoms. The molecule has 0 saturated carbocycles. The third-order valence-electron chi connectivity index (χ3n) is 3.11. The van der Waals surface area contributed by atoms with Crippen LogP contribution in [-0.4, -0.2) is 11.1 Å². The molecule has 3 rings (SSSR count). The van der Waals surface area contributed by atoms with Crippen molar-refractivity contribution >= 4 is 10.9 Å². The fourth-order valence-corrected chi connectivity index (χ4v) is 2.39. The van der Waals surface area contributed by atoms with E-state index in [-0.39, 0.29) is 11.7 Å². The highest BCUT2D eigenvalue weighted by molar-refractivity contribution is 5.87. The van der Waals surface area contributed by atoms with Crippen molar-refractivity contribution in [3.8, 4) is 5.75 Å². The second kappa shape index (κ2) is 3.11. The van der Waals surface area contributed by atoms with E-state index in [9.17, 15) is 4.79 Å². The lowest BCUT2D eigenvalue weighted by Gasteiger charge is -2.05. The van der Waals surface area contributed by atoms with Gasteiger partial charge in [0.15, 0.2) is 0 Å². The van der Waals surface area contributed by atoms with Gasteiger partial charge in [-0.1, -0.05) is 0 Å². The molecule has 0 spiro atoms. The van der Waals surface area contributed by atoms with E-state index in [0.717, 1.165) is 34.2 Å². The molecule has 82 valence electrons. The number of aryl methyl sites for hydroxylation is 1. The van der Waals surface area contributed by atoms with E-state index in [1.165, 1.54) is 0 Å². The number of hydrogen-bond donors (Lipinski definition) is 1. The number of rotatable bonds is 0. The van der Waals surface area contributed by atoms with Crippen molar-refractivity contribution in [3.05, 3.63) is 39.7 Å². The van der Waals surface area contributed by atoms with Crippen LogP contribution in [0.1, 0.15) is 18.1 Å². The number of aromatic amines is 1. The lowest BCUT2D eigenvalue weighted by Crippen LogP contribution is -2.07. The van der Waals surface area contributed by atoms with Gasteiger partial charge in [0.05, 0.1) is 5.52 Å². The molecule has 0 saturated heterocycles. The van der Waals surface area contributed by atoms with Crippen molar-refractivity contribution in [2.45, 2.75) is 26.4 Å². The maximum absolute atomic E-state index is 11.5. The summed E-state index contributed by atoms with van der Waals surface area (Å²) in [6.45, 7) is 4.00. The molecule has 2 aromatic rings. The van der Waals surface area contributed by atoms with Gasteiger partial charge in [-0.15, -0.1) is 0 Å². The van der Waals surface area contributed by atoms with Crippen molar-refractivity contribution in [1.82, 2.24) is 4.98 Å². The summed E-state index contributed by atoms with van der Waals surface area (Å²) in [4.78, 5) is 14.4. The minimum Gasteiger partial charge on any atom is -0.490 e. The van der Waals surface area contributed by atoms with Crippen LogP contribution in [0.5, 0.6) is 5.75 Å². The van der Waals surface area contributed by atoms with E-state index in [4.69, 9.17) is 4.74 Å². The molecule has 1 atom stereocenters. The Morgan fingerprint density at radius 3 is 3.06 bits per heavy atom. The number of benzene rings is 1. The number of H-pyrrole nitrogens is 1. The first-order chi connectivity index (χ1) is 7.65. The lowest BCUT2D eigenvalue weighted by molar-refractivity contribution is 0.254. The molecule has 3 nitrogen and oxygen atoms in total. The third-order valence-corrected chi connectivity index (χ3v) is 3.11. The van der Waals surface area contributed by atoms with Crippen LogP contribution in [0.4, 0.5) is 0 Å². The summed E-state index contributed by atoms with van der Waals surface area (Å²) >= 11 is 0. The summed E-state index contributed by atoms with van der Waals surface area (Å²) < 4.78 is 5.67. The number of nitrogens with one attached hydrogen (secondary N) is 1. The third kappa shape index (κ3) is 1.24. The van der Waals surface area contributed by atoms with Crippen LogP contribution in [0.2, 0.25) is 0 Å². The maximum Gasteiger partial charge on any atom is 0.248 e. The van der Waals surface area contributed by atoms with E-state index in [1.54, 1.807) is 6.07 Å². The minimum absolute atomic E-state index is 0.0436. The van der Waals surface area contributed by atoms with Crippen LogP contribution in [-0.2, 0) is 6.42 Å². The Kier molecular flexibility index (Phi) is 1.84. The van der Waals surface area contributed by atoms with Gasteiger partial charge < -0.3 is 9.72 Å². The summed E-state index contributed by atoms with van der Waals surface area (Å²) in [5.41, 5.74) is 3.04. The van der Waals surface area contributed by atoms with Gasteiger partial charge in [0.2, 0.25) is 5.56 Å². The van der Waals surface area contributed by atoms with Crippen LogP contribution in [0, 0.1) is 6.92 Å². The van der Waals surface area contributed by atoms with Gasteiger partial charge in [-0.05, 0) is 31.5 Å². The molecule has 1 aliphatic rings. The predicted octanol–water partition coefficient (Wildman–Crippen LogP) is 2.16. The van der Waals surface area contributed by atoms with E-state index < -0.39 is 0 Å². The highest BCUT2D eigenvalue weighted by atomic mass is 16.5. The molecular formula is C13H13NO2. The first-order valence-electron chi connectivity index (χ1n) is 5.47. The fourth-order valence-electron chi connectivity index (χ4n) is 2.39. The monoisotopic (exact) mass is 215 g/mol. The molecule has 1 aromatic carbocycles. The first-order valence-corrected chi connectivity index (χ1v) is 5.47. The standard InChI is InChI=1S/C13H13NO2/c1-7-5-12(15)14-13-9(7)3-4-11-10(13)6-8(2)16-11/h3-5,8H,6H2,1-2H3,(H,14,15). The molecular weight excluding hydrogens is 202 g/mol. The van der Waals surface area contributed by atoms with E-state index >= 15 is 0 Å². The lowest BCUT2D eigenvalue weighted by atomic mass is 10.0. The molecule has 3 heteroatoms. The summed E-state index contributed by atoms with van der Waals surface area (Å²) in [5, 5.41) is 1.11. The summed E-state index contributed by atoms with van der Waals surface area (Å²) in [6, 6.07) is 5.64. The zero-order valence-electron chi connectivity index (χ0n) is 9.33. The van der Waals surface area contributed by atoms with Crippen molar-refractivity contribution in [2.24, 2.45) is 0 Å². The number of hydrogen-bond acceptors (Lipinski definition) is 2. The highest BCUT2D eigenvalue weighted by Gasteiger charge is 2.21. The Bertz CT molecular complexity index is 628. The van der Waals surface area contributed by atoms with E-state index in [0.29, 0.717) is 0 Å². The summed E-state index contributed by atoms with van der Waals surface area (Å²) in [7, 11) is 0. The van der Waals surface area contributed by atoms with Crippen LogP contribution < -0.4 is 10.3 Å². The molecule has 16 heavy (non-hydrogen) atoms. The van der Waals surface area contributed by atoms with Gasteiger partial charge in [-0.3, -0.25) is 4.79 Å². The molecule has 2 heterocycles. The highest BCUT2D eigenvalue weighted by Crippen LogP contribution is 2.34. The van der Waals surface area contributed by atoms with Gasteiger partial charge in [0, 0.05) is 23.4 Å². The van der Waals surface area contributed by atoms with Gasteiger partial charge in [0.25, 0.3) is 0 Å². The quantitative estimate of drug-likeness (QED) is 0.731. The summed E-state index contributed by atoms with van der Waals surface area (Å²) in [6.07, 6.45) is 1.07. The Hall–Kier alpha value is -1.77. The van der Waals surface area contributed by atoms with Crippen LogP contribution in [0.3, 0.4) is 0 Å². The average molecular weight is 215 g/mol. The molecule has 0 aliphatic carbocycles. The Morgan fingerprint density at radius 2 is 2.25 bits per heavy atom. The first kappa shape index (κ1) is 9.46. The Balaban J connectivity index is 2.41. The van der Waals surface area contributed by atoms with Gasteiger partial charge >= 0.3 is 0 Å². The number of pyridine rings is 1. The van der Waals surface area contributed by atoms with Crippen LogP contribution in [0.15, 0.2) is 23.0 Å². The van der Waals surface area contributed by atoms with Crippen molar-refractivity contribution < 1.29 is 4.74 Å². The average Bonchev–Trinajstić information content (AvgIpc) is 2.58. The molecule has 1 aliphatic heterocycles. The smallest absolute Gasteiger partial charge is 0.248 e. The maximum atomic E-state index is 11.5. The van der Waals surface area contributed by atoms with E-state index in [1.807, 2.05) is 26.0 Å². The zero-order valence-corrected chi connectivity index (χ0v) is 9.33. The molecule has 1 unspecified atom stereocenters. The van der Waals surface area contributed by atoms with Crippen LogP contribution in [0.25, 0.3) is 10.9 Å². The predicted molar refractivity (Wildman–Crippen MR) is 63.1 cm³/mol. The molecule has 1 aromatic heterocycles. The van der Waals surface area contributed by atoms with Gasteiger partial charge in [0.1, 0.15) is 11.9 Å². The number of fused-ring (bicyclic) bond motifs is 3. The number of ether oxygens (including phenoxy) is 1. The summed E-state index contributed by atoms with van der Waals surface area (Å²) in [5.74, 6) is 0.904. The van der Waals surface area contributed by atoms with Crippen molar-refractivity contribution in [1.29, 1.82) is 0 Å². The molecule has 0 amide bonds. The largest absolute Gasteiger partial charge is 0.490 e. The SMILES string of the molecule is Cc1cc(=O)[nH]c2c3c(ccc12)OC(C)C3. The second-order valence-corrected chi connectivity index (χ2v) is 4.41. The Labute approximate surface area is 93.1 Å². The van der Waals surface area contributed by atoms with Crippen molar-refractivity contribution in [2.75, 3.05) is 0 Å². The zero-order chi connectivity index (χ0) is 11.3. The normalized spacial score (nSPS) is 18.5. The topological polar surface area (TPSA) is 42.1 Å². The Morgan fingerprint density at radius 1 is 1.44 bits per heavy atom. The van der Waals surface area contributed by atoms with Crippen LogP contribution >= 0.6 is 0 Å². The molecule has 0 fully saturated rings. The molecule has 1 N–H and O–H groups in total. The van der Waals surface area contributed by atoms with Gasteiger partial charge in [-0.2, -0.15) is 0 Å². The number of aromatic nitrogens is 1. The fraction of sp³-hybridized carbons (Fsp3) is 0.308. The van der Waals surface area contributed by atoms with Gasteiger partial charge in [-0.25, -0.2) is 0 Å².